The number of carbonyl (C=O) groups is 1. The number of nitrogens with one attached hydrogen (secondary N) is 2. The standard InChI is InChI=1S/C22H19N5O/c28-21(24-13-11-16-6-2-1-3-7-16)18-14-25-22(26-15-18)27-19-10-4-8-17-9-5-12-23-20(17)19/h1-10,12,14-15H,11,13H2,(H,24,28)(H,25,26,27). The van der Waals surface area contributed by atoms with Gasteiger partial charge in [-0.15, -0.1) is 0 Å². The Morgan fingerprint density at radius 2 is 1.64 bits per heavy atom. The van der Waals surface area contributed by atoms with E-state index in [4.69, 9.17) is 0 Å². The van der Waals surface area contributed by atoms with Crippen LogP contribution in [-0.2, 0) is 6.42 Å². The van der Waals surface area contributed by atoms with Crippen molar-refractivity contribution in [1.82, 2.24) is 20.3 Å². The minimum atomic E-state index is -0.186. The van der Waals surface area contributed by atoms with Gasteiger partial charge in [-0.2, -0.15) is 0 Å². The number of pyridine rings is 1. The molecule has 0 saturated heterocycles. The van der Waals surface area contributed by atoms with Crippen LogP contribution in [-0.4, -0.2) is 27.4 Å². The van der Waals surface area contributed by atoms with Crippen LogP contribution in [0.1, 0.15) is 15.9 Å². The normalized spacial score (nSPS) is 10.6. The molecule has 138 valence electrons. The number of hydrogen-bond acceptors (Lipinski definition) is 5. The number of aromatic nitrogens is 3. The van der Waals surface area contributed by atoms with Crippen LogP contribution in [0, 0.1) is 0 Å². The van der Waals surface area contributed by atoms with Crippen molar-refractivity contribution < 1.29 is 4.79 Å². The SMILES string of the molecule is O=C(NCCc1ccccc1)c1cnc(Nc2cccc3cccnc23)nc1. The van der Waals surface area contributed by atoms with Crippen LogP contribution in [0.2, 0.25) is 0 Å². The van der Waals surface area contributed by atoms with Crippen LogP contribution in [0.15, 0.2) is 79.3 Å². The first-order valence-electron chi connectivity index (χ1n) is 9.04. The summed E-state index contributed by atoms with van der Waals surface area (Å²) in [5, 5.41) is 7.08. The quantitative estimate of drug-likeness (QED) is 0.541. The van der Waals surface area contributed by atoms with Crippen molar-refractivity contribution in [2.75, 3.05) is 11.9 Å². The molecular weight excluding hydrogens is 350 g/mol. The maximum absolute atomic E-state index is 12.3. The van der Waals surface area contributed by atoms with Gasteiger partial charge >= 0.3 is 0 Å². The summed E-state index contributed by atoms with van der Waals surface area (Å²) in [4.78, 5) is 25.2. The van der Waals surface area contributed by atoms with E-state index < -0.39 is 0 Å². The Kier molecular flexibility index (Phi) is 5.20. The Morgan fingerprint density at radius 1 is 0.857 bits per heavy atom. The average molecular weight is 369 g/mol. The summed E-state index contributed by atoms with van der Waals surface area (Å²) < 4.78 is 0. The number of hydrogen-bond donors (Lipinski definition) is 2. The lowest BCUT2D eigenvalue weighted by Gasteiger charge is -2.08. The predicted octanol–water partition coefficient (Wildman–Crippen LogP) is 3.74. The van der Waals surface area contributed by atoms with Gasteiger partial charge in [0, 0.05) is 30.5 Å². The zero-order valence-electron chi connectivity index (χ0n) is 15.2. The van der Waals surface area contributed by atoms with E-state index in [1.54, 1.807) is 6.20 Å². The number of nitrogens with zero attached hydrogens (tertiary/aromatic N) is 3. The minimum absolute atomic E-state index is 0.186. The van der Waals surface area contributed by atoms with Crippen molar-refractivity contribution in [3.63, 3.8) is 0 Å². The molecule has 4 aromatic rings. The molecular formula is C22H19N5O. The van der Waals surface area contributed by atoms with E-state index >= 15 is 0 Å². The Morgan fingerprint density at radius 3 is 2.46 bits per heavy atom. The maximum atomic E-state index is 12.3. The minimum Gasteiger partial charge on any atom is -0.352 e. The van der Waals surface area contributed by atoms with Crippen LogP contribution < -0.4 is 10.6 Å². The molecule has 28 heavy (non-hydrogen) atoms. The van der Waals surface area contributed by atoms with Crippen molar-refractivity contribution in [2.24, 2.45) is 0 Å². The number of amides is 1. The molecule has 0 aliphatic rings. The molecule has 6 heteroatoms. The summed E-state index contributed by atoms with van der Waals surface area (Å²) in [5.74, 6) is 0.230. The molecule has 2 N–H and O–H groups in total. The Balaban J connectivity index is 1.38. The molecule has 0 aliphatic heterocycles. The molecule has 1 amide bonds. The smallest absolute Gasteiger partial charge is 0.254 e. The number of anilines is 2. The highest BCUT2D eigenvalue weighted by atomic mass is 16.1. The summed E-state index contributed by atoms with van der Waals surface area (Å²) in [5.41, 5.74) is 3.27. The van der Waals surface area contributed by atoms with Gasteiger partial charge in [0.15, 0.2) is 0 Å². The first-order chi connectivity index (χ1) is 13.8. The fourth-order valence-electron chi connectivity index (χ4n) is 2.90. The largest absolute Gasteiger partial charge is 0.352 e. The zero-order chi connectivity index (χ0) is 19.2. The topological polar surface area (TPSA) is 79.8 Å². The van der Waals surface area contributed by atoms with E-state index in [9.17, 15) is 4.79 Å². The lowest BCUT2D eigenvalue weighted by Crippen LogP contribution is -2.26. The number of benzene rings is 2. The lowest BCUT2D eigenvalue weighted by atomic mass is 10.1. The molecule has 6 nitrogen and oxygen atoms in total. The van der Waals surface area contributed by atoms with E-state index in [0.717, 1.165) is 23.0 Å². The van der Waals surface area contributed by atoms with Gasteiger partial charge in [0.1, 0.15) is 0 Å². The third-order valence-electron chi connectivity index (χ3n) is 4.34. The van der Waals surface area contributed by atoms with Crippen molar-refractivity contribution in [3.8, 4) is 0 Å². The van der Waals surface area contributed by atoms with Gasteiger partial charge in [-0.25, -0.2) is 9.97 Å². The van der Waals surface area contributed by atoms with Crippen LogP contribution in [0.4, 0.5) is 11.6 Å². The van der Waals surface area contributed by atoms with Crippen LogP contribution in [0.3, 0.4) is 0 Å². The molecule has 0 unspecified atom stereocenters. The van der Waals surface area contributed by atoms with E-state index in [1.807, 2.05) is 60.7 Å². The van der Waals surface area contributed by atoms with Gasteiger partial charge in [-0.1, -0.05) is 48.5 Å². The average Bonchev–Trinajstić information content (AvgIpc) is 2.75. The van der Waals surface area contributed by atoms with Gasteiger partial charge in [0.25, 0.3) is 5.91 Å². The summed E-state index contributed by atoms with van der Waals surface area (Å²) in [6.07, 6.45) is 5.57. The van der Waals surface area contributed by atoms with Crippen LogP contribution >= 0.6 is 0 Å². The molecule has 0 radical (unpaired) electrons. The van der Waals surface area contributed by atoms with Gasteiger partial charge in [0.2, 0.25) is 5.95 Å². The van der Waals surface area contributed by atoms with Crippen molar-refractivity contribution in [1.29, 1.82) is 0 Å². The molecule has 0 aliphatic carbocycles. The van der Waals surface area contributed by atoms with E-state index in [0.29, 0.717) is 18.1 Å². The third kappa shape index (κ3) is 4.12. The maximum Gasteiger partial charge on any atom is 0.254 e. The summed E-state index contributed by atoms with van der Waals surface area (Å²) >= 11 is 0. The van der Waals surface area contributed by atoms with Gasteiger partial charge < -0.3 is 10.6 Å². The summed E-state index contributed by atoms with van der Waals surface area (Å²) in [6, 6.07) is 19.8. The van der Waals surface area contributed by atoms with Gasteiger partial charge in [0.05, 0.1) is 16.8 Å². The molecule has 2 aromatic heterocycles. The summed E-state index contributed by atoms with van der Waals surface area (Å²) in [7, 11) is 0. The first kappa shape index (κ1) is 17.6. The second-order valence-electron chi connectivity index (χ2n) is 6.29. The number of fused-ring (bicyclic) bond motifs is 1. The predicted molar refractivity (Wildman–Crippen MR) is 110 cm³/mol. The number of para-hydroxylation sites is 1. The molecule has 0 spiro atoms. The molecule has 2 aromatic carbocycles. The van der Waals surface area contributed by atoms with Crippen molar-refractivity contribution >= 4 is 28.4 Å². The van der Waals surface area contributed by atoms with Crippen molar-refractivity contribution in [3.05, 3.63) is 90.4 Å². The second-order valence-corrected chi connectivity index (χ2v) is 6.29. The highest BCUT2D eigenvalue weighted by Gasteiger charge is 2.08. The van der Waals surface area contributed by atoms with E-state index in [2.05, 4.69) is 25.6 Å². The van der Waals surface area contributed by atoms with Crippen LogP contribution in [0.5, 0.6) is 0 Å². The highest BCUT2D eigenvalue weighted by Crippen LogP contribution is 2.22. The molecule has 0 saturated carbocycles. The first-order valence-corrected chi connectivity index (χ1v) is 9.04. The van der Waals surface area contributed by atoms with E-state index in [-0.39, 0.29) is 5.91 Å². The lowest BCUT2D eigenvalue weighted by molar-refractivity contribution is 0.0953. The highest BCUT2D eigenvalue weighted by molar-refractivity contribution is 5.94. The zero-order valence-corrected chi connectivity index (χ0v) is 15.2. The second kappa shape index (κ2) is 8.26. The molecule has 0 atom stereocenters. The van der Waals surface area contributed by atoms with Gasteiger partial charge in [-0.3, -0.25) is 9.78 Å². The van der Waals surface area contributed by atoms with E-state index in [1.165, 1.54) is 18.0 Å². The van der Waals surface area contributed by atoms with Gasteiger partial charge in [-0.05, 0) is 24.1 Å². The molecule has 4 rings (SSSR count). The van der Waals surface area contributed by atoms with Crippen molar-refractivity contribution in [2.45, 2.75) is 6.42 Å². The fraction of sp³-hybridized carbons (Fsp3) is 0.0909. The summed E-state index contributed by atoms with van der Waals surface area (Å²) in [6.45, 7) is 0.560. The Bertz CT molecular complexity index is 1080. The number of carbonyl (C=O) groups excluding carboxylic acids is 1. The molecule has 0 bridgehead atoms. The Labute approximate surface area is 162 Å². The molecule has 0 fully saturated rings. The Hall–Kier alpha value is -3.80. The molecule has 2 heterocycles. The number of rotatable bonds is 6. The third-order valence-corrected chi connectivity index (χ3v) is 4.34. The fourth-order valence-corrected chi connectivity index (χ4v) is 2.90. The van der Waals surface area contributed by atoms with Crippen LogP contribution in [0.25, 0.3) is 10.9 Å². The monoisotopic (exact) mass is 369 g/mol.